The molecular weight excluding hydrogens is 310 g/mol. The van der Waals surface area contributed by atoms with Crippen LogP contribution in [-0.2, 0) is 11.3 Å². The van der Waals surface area contributed by atoms with Crippen molar-refractivity contribution in [2.24, 2.45) is 0 Å². The van der Waals surface area contributed by atoms with Crippen LogP contribution in [0.5, 0.6) is 5.75 Å². The molecule has 1 aromatic carbocycles. The number of rotatable bonds is 4. The number of carbonyl (C=O) groups is 1. The van der Waals surface area contributed by atoms with Crippen molar-refractivity contribution in [2.75, 3.05) is 13.1 Å². The Morgan fingerprint density at radius 1 is 1.29 bits per heavy atom. The number of carbonyl (C=O) groups excluding carboxylic acids is 1. The van der Waals surface area contributed by atoms with Gasteiger partial charge in [0.2, 0.25) is 5.91 Å². The Hall–Kier alpha value is -2.83. The first kappa shape index (κ1) is 16.0. The molecule has 0 saturated carbocycles. The van der Waals surface area contributed by atoms with E-state index in [1.54, 1.807) is 11.8 Å². The summed E-state index contributed by atoms with van der Waals surface area (Å²) in [6, 6.07) is 9.48. The molecule has 2 heterocycles. The highest BCUT2D eigenvalue weighted by molar-refractivity contribution is 5.76. The summed E-state index contributed by atoms with van der Waals surface area (Å²) in [4.78, 5) is 39.4. The van der Waals surface area contributed by atoms with Crippen molar-refractivity contribution in [3.63, 3.8) is 0 Å². The largest absolute Gasteiger partial charge is 0.489 e. The van der Waals surface area contributed by atoms with Gasteiger partial charge in [0.05, 0.1) is 6.54 Å². The van der Waals surface area contributed by atoms with Crippen molar-refractivity contribution in [1.82, 2.24) is 14.5 Å². The van der Waals surface area contributed by atoms with Crippen molar-refractivity contribution < 1.29 is 9.53 Å². The molecular formula is C17H19N3O4. The van der Waals surface area contributed by atoms with Crippen molar-refractivity contribution in [3.05, 3.63) is 62.9 Å². The second kappa shape index (κ2) is 6.74. The van der Waals surface area contributed by atoms with E-state index in [1.165, 1.54) is 10.8 Å². The number of ether oxygens (including phenoxy) is 1. The smallest absolute Gasteiger partial charge is 0.328 e. The number of amides is 1. The number of nitrogens with one attached hydrogen (secondary N) is 1. The Balaban J connectivity index is 1.62. The van der Waals surface area contributed by atoms with E-state index in [0.717, 1.165) is 12.2 Å². The summed E-state index contributed by atoms with van der Waals surface area (Å²) < 4.78 is 7.08. The van der Waals surface area contributed by atoms with Crippen molar-refractivity contribution in [1.29, 1.82) is 0 Å². The molecule has 1 aliphatic heterocycles. The highest BCUT2D eigenvalue weighted by atomic mass is 16.5. The number of H-pyrrole nitrogens is 1. The Labute approximate surface area is 138 Å². The zero-order valence-corrected chi connectivity index (χ0v) is 13.4. The third-order valence-electron chi connectivity index (χ3n) is 4.04. The molecule has 1 N–H and O–H groups in total. The molecule has 3 rings (SSSR count). The summed E-state index contributed by atoms with van der Waals surface area (Å²) in [6.07, 6.45) is 2.11. The maximum absolute atomic E-state index is 12.4. The number of aryl methyl sites for hydroxylation is 1. The maximum atomic E-state index is 12.4. The number of nitrogens with zero attached hydrogens (tertiary/aromatic N) is 2. The molecule has 7 nitrogen and oxygen atoms in total. The van der Waals surface area contributed by atoms with Gasteiger partial charge in [-0.05, 0) is 19.1 Å². The quantitative estimate of drug-likeness (QED) is 0.886. The lowest BCUT2D eigenvalue weighted by molar-refractivity contribution is -0.131. The Morgan fingerprint density at radius 3 is 2.79 bits per heavy atom. The van der Waals surface area contributed by atoms with Crippen LogP contribution < -0.4 is 16.0 Å². The fraction of sp³-hybridized carbons (Fsp3) is 0.353. The molecule has 0 radical (unpaired) electrons. The van der Waals surface area contributed by atoms with Gasteiger partial charge in [0.25, 0.3) is 5.56 Å². The summed E-state index contributed by atoms with van der Waals surface area (Å²) in [7, 11) is 0. The SMILES string of the molecule is Cc1cn(CC(=O)N2CC[C@H](Oc3ccccc3)C2)c(=O)[nH]c1=O. The fourth-order valence-corrected chi connectivity index (χ4v) is 2.72. The molecule has 126 valence electrons. The summed E-state index contributed by atoms with van der Waals surface area (Å²) in [5.41, 5.74) is -0.606. The Morgan fingerprint density at radius 2 is 2.04 bits per heavy atom. The first-order valence-corrected chi connectivity index (χ1v) is 7.83. The van der Waals surface area contributed by atoms with Gasteiger partial charge in [-0.15, -0.1) is 0 Å². The van der Waals surface area contributed by atoms with Gasteiger partial charge < -0.3 is 9.64 Å². The summed E-state index contributed by atoms with van der Waals surface area (Å²) >= 11 is 0. The standard InChI is InChI=1S/C17H19N3O4/c1-12-9-20(17(23)18-16(12)22)11-15(21)19-8-7-14(10-19)24-13-5-3-2-4-6-13/h2-6,9,14H,7-8,10-11H2,1H3,(H,18,22,23)/t14-/m0/s1. The third kappa shape index (κ3) is 3.56. The highest BCUT2D eigenvalue weighted by Gasteiger charge is 2.27. The number of benzene rings is 1. The van der Waals surface area contributed by atoms with Gasteiger partial charge in [0.15, 0.2) is 0 Å². The summed E-state index contributed by atoms with van der Waals surface area (Å²) in [6.45, 7) is 2.59. The number of hydrogen-bond acceptors (Lipinski definition) is 4. The van der Waals surface area contributed by atoms with Gasteiger partial charge in [0.1, 0.15) is 18.4 Å². The van der Waals surface area contributed by atoms with E-state index in [2.05, 4.69) is 4.98 Å². The molecule has 1 aromatic heterocycles. The second-order valence-electron chi connectivity index (χ2n) is 5.88. The van der Waals surface area contributed by atoms with Gasteiger partial charge in [0, 0.05) is 24.7 Å². The molecule has 2 aromatic rings. The van der Waals surface area contributed by atoms with Crippen LogP contribution in [-0.4, -0.2) is 39.6 Å². The summed E-state index contributed by atoms with van der Waals surface area (Å²) in [5.74, 6) is 0.618. The third-order valence-corrected chi connectivity index (χ3v) is 4.04. The minimum atomic E-state index is -0.574. The predicted octanol–water partition coefficient (Wildman–Crippen LogP) is 0.525. The van der Waals surface area contributed by atoms with Crippen LogP contribution in [0.4, 0.5) is 0 Å². The average Bonchev–Trinajstić information content (AvgIpc) is 3.02. The van der Waals surface area contributed by atoms with Gasteiger partial charge >= 0.3 is 5.69 Å². The molecule has 1 aliphatic rings. The first-order chi connectivity index (χ1) is 11.5. The van der Waals surface area contributed by atoms with Gasteiger partial charge in [-0.3, -0.25) is 19.1 Å². The van der Waals surface area contributed by atoms with Crippen molar-refractivity contribution >= 4 is 5.91 Å². The maximum Gasteiger partial charge on any atom is 0.328 e. The molecule has 1 saturated heterocycles. The molecule has 0 unspecified atom stereocenters. The van der Waals surface area contributed by atoms with Crippen LogP contribution in [0.15, 0.2) is 46.1 Å². The van der Waals surface area contributed by atoms with E-state index in [9.17, 15) is 14.4 Å². The van der Waals surface area contributed by atoms with Crippen LogP contribution in [0.1, 0.15) is 12.0 Å². The van der Waals surface area contributed by atoms with E-state index in [-0.39, 0.29) is 18.6 Å². The number of para-hydroxylation sites is 1. The van der Waals surface area contributed by atoms with Crippen LogP contribution in [0.25, 0.3) is 0 Å². The molecule has 0 spiro atoms. The second-order valence-corrected chi connectivity index (χ2v) is 5.88. The lowest BCUT2D eigenvalue weighted by Crippen LogP contribution is -2.38. The normalized spacial score (nSPS) is 17.0. The van der Waals surface area contributed by atoms with Crippen LogP contribution in [0, 0.1) is 6.92 Å². The topological polar surface area (TPSA) is 84.4 Å². The van der Waals surface area contributed by atoms with Gasteiger partial charge in [-0.1, -0.05) is 18.2 Å². The first-order valence-electron chi connectivity index (χ1n) is 7.83. The lowest BCUT2D eigenvalue weighted by Gasteiger charge is -2.18. The Bertz CT molecular complexity index is 841. The van der Waals surface area contributed by atoms with E-state index in [0.29, 0.717) is 18.7 Å². The predicted molar refractivity (Wildman–Crippen MR) is 88.1 cm³/mol. The molecule has 0 aliphatic carbocycles. The van der Waals surface area contributed by atoms with Crippen molar-refractivity contribution in [2.45, 2.75) is 26.0 Å². The fourth-order valence-electron chi connectivity index (χ4n) is 2.72. The zero-order valence-electron chi connectivity index (χ0n) is 13.4. The monoisotopic (exact) mass is 329 g/mol. The van der Waals surface area contributed by atoms with Crippen LogP contribution >= 0.6 is 0 Å². The molecule has 1 amide bonds. The van der Waals surface area contributed by atoms with Crippen LogP contribution in [0.2, 0.25) is 0 Å². The van der Waals surface area contributed by atoms with E-state index in [4.69, 9.17) is 4.74 Å². The van der Waals surface area contributed by atoms with E-state index in [1.807, 2.05) is 30.3 Å². The van der Waals surface area contributed by atoms with Gasteiger partial charge in [-0.2, -0.15) is 0 Å². The average molecular weight is 329 g/mol. The Kier molecular flexibility index (Phi) is 4.50. The van der Waals surface area contributed by atoms with E-state index >= 15 is 0 Å². The summed E-state index contributed by atoms with van der Waals surface area (Å²) in [5, 5.41) is 0. The number of likely N-dealkylation sites (tertiary alicyclic amines) is 1. The number of aromatic amines is 1. The van der Waals surface area contributed by atoms with Gasteiger partial charge in [-0.25, -0.2) is 4.79 Å². The van der Waals surface area contributed by atoms with Crippen LogP contribution in [0.3, 0.4) is 0 Å². The minimum absolute atomic E-state index is 0.0506. The lowest BCUT2D eigenvalue weighted by atomic mass is 10.3. The zero-order chi connectivity index (χ0) is 17.1. The minimum Gasteiger partial charge on any atom is -0.489 e. The number of hydrogen-bond donors (Lipinski definition) is 1. The molecule has 1 fully saturated rings. The molecule has 24 heavy (non-hydrogen) atoms. The molecule has 1 atom stereocenters. The molecule has 0 bridgehead atoms. The van der Waals surface area contributed by atoms with Crippen molar-refractivity contribution in [3.8, 4) is 5.75 Å². The number of aromatic nitrogens is 2. The van der Waals surface area contributed by atoms with E-state index < -0.39 is 11.2 Å². The molecule has 7 heteroatoms. The highest BCUT2D eigenvalue weighted by Crippen LogP contribution is 2.18.